The van der Waals surface area contributed by atoms with Crippen LogP contribution in [0.5, 0.6) is 5.75 Å². The summed E-state index contributed by atoms with van der Waals surface area (Å²) in [4.78, 5) is 40.2. The Bertz CT molecular complexity index is 1270. The molecule has 0 saturated heterocycles. The molecule has 182 valence electrons. The Morgan fingerprint density at radius 3 is 2.51 bits per heavy atom. The van der Waals surface area contributed by atoms with Crippen LogP contribution in [0.2, 0.25) is 0 Å². The zero-order valence-corrected chi connectivity index (χ0v) is 19.7. The summed E-state index contributed by atoms with van der Waals surface area (Å²) in [6.45, 7) is 2.15. The van der Waals surface area contributed by atoms with Gasteiger partial charge in [0, 0.05) is 26.2 Å². The number of benzene rings is 2. The van der Waals surface area contributed by atoms with E-state index in [1.807, 2.05) is 24.3 Å². The maximum atomic E-state index is 13.1. The van der Waals surface area contributed by atoms with Gasteiger partial charge in [-0.25, -0.2) is 4.39 Å². The lowest BCUT2D eigenvalue weighted by molar-refractivity contribution is -0.132. The van der Waals surface area contributed by atoms with Crippen molar-refractivity contribution in [1.82, 2.24) is 25.3 Å². The fourth-order valence-corrected chi connectivity index (χ4v) is 3.87. The molecule has 2 aromatic carbocycles. The van der Waals surface area contributed by atoms with Gasteiger partial charge in [0.25, 0.3) is 11.8 Å². The molecule has 3 amide bonds. The zero-order chi connectivity index (χ0) is 25.2. The van der Waals surface area contributed by atoms with Crippen molar-refractivity contribution in [3.63, 3.8) is 0 Å². The molecule has 2 heterocycles. The molecule has 0 spiro atoms. The Kier molecular flexibility index (Phi) is 6.54. The van der Waals surface area contributed by atoms with Crippen molar-refractivity contribution in [2.24, 2.45) is 0 Å². The van der Waals surface area contributed by atoms with Gasteiger partial charge in [0.1, 0.15) is 22.8 Å². The van der Waals surface area contributed by atoms with Crippen LogP contribution in [0.1, 0.15) is 39.0 Å². The minimum absolute atomic E-state index is 0.0724. The monoisotopic (exact) mass is 479 g/mol. The van der Waals surface area contributed by atoms with Crippen molar-refractivity contribution in [3.8, 4) is 5.75 Å². The Hall–Kier alpha value is -4.21. The lowest BCUT2D eigenvalue weighted by Crippen LogP contribution is -2.62. The number of amides is 3. The minimum Gasteiger partial charge on any atom is -0.497 e. The normalized spacial score (nSPS) is 17.0. The molecule has 3 aromatic rings. The summed E-state index contributed by atoms with van der Waals surface area (Å²) in [7, 11) is 3.11. The number of nitrogens with one attached hydrogen (secondary N) is 2. The van der Waals surface area contributed by atoms with Gasteiger partial charge in [0.15, 0.2) is 5.69 Å². The summed E-state index contributed by atoms with van der Waals surface area (Å²) in [5, 5.41) is 9.89. The van der Waals surface area contributed by atoms with Crippen molar-refractivity contribution < 1.29 is 23.5 Å². The molecule has 10 heteroatoms. The van der Waals surface area contributed by atoms with E-state index in [0.29, 0.717) is 5.75 Å². The van der Waals surface area contributed by atoms with Crippen molar-refractivity contribution in [3.05, 3.63) is 82.9 Å². The van der Waals surface area contributed by atoms with Gasteiger partial charge >= 0.3 is 0 Å². The van der Waals surface area contributed by atoms with Crippen molar-refractivity contribution >= 4 is 17.7 Å². The highest BCUT2D eigenvalue weighted by atomic mass is 19.1. The predicted molar refractivity (Wildman–Crippen MR) is 125 cm³/mol. The second-order valence-electron chi connectivity index (χ2n) is 8.55. The molecule has 1 aromatic heterocycles. The van der Waals surface area contributed by atoms with Gasteiger partial charge in [-0.05, 0) is 42.3 Å². The van der Waals surface area contributed by atoms with Crippen LogP contribution >= 0.6 is 0 Å². The van der Waals surface area contributed by atoms with Crippen LogP contribution in [0.4, 0.5) is 4.39 Å². The first-order valence-corrected chi connectivity index (χ1v) is 11.0. The number of hydrogen-bond acceptors (Lipinski definition) is 5. The topological polar surface area (TPSA) is 106 Å². The first-order chi connectivity index (χ1) is 16.7. The zero-order valence-electron chi connectivity index (χ0n) is 19.7. The van der Waals surface area contributed by atoms with Crippen LogP contribution < -0.4 is 15.4 Å². The van der Waals surface area contributed by atoms with Gasteiger partial charge in [0.2, 0.25) is 5.91 Å². The molecular weight excluding hydrogens is 453 g/mol. The van der Waals surface area contributed by atoms with Crippen molar-refractivity contribution in [1.29, 1.82) is 0 Å². The second-order valence-corrected chi connectivity index (χ2v) is 8.55. The van der Waals surface area contributed by atoms with Gasteiger partial charge in [-0.3, -0.25) is 19.1 Å². The van der Waals surface area contributed by atoms with Crippen molar-refractivity contribution in [2.45, 2.75) is 32.1 Å². The molecule has 9 nitrogen and oxygen atoms in total. The maximum Gasteiger partial charge on any atom is 0.272 e. The molecule has 1 aliphatic rings. The molecular formula is C25H26FN5O4. The van der Waals surface area contributed by atoms with Crippen LogP contribution in [0.25, 0.3) is 0 Å². The number of fused-ring (bicyclic) bond motifs is 1. The Morgan fingerprint density at radius 2 is 1.80 bits per heavy atom. The molecule has 35 heavy (non-hydrogen) atoms. The third-order valence-electron chi connectivity index (χ3n) is 6.18. The smallest absolute Gasteiger partial charge is 0.272 e. The number of hydrogen-bond donors (Lipinski definition) is 2. The van der Waals surface area contributed by atoms with E-state index in [0.717, 1.165) is 11.1 Å². The number of halogens is 1. The third-order valence-corrected chi connectivity index (χ3v) is 6.18. The van der Waals surface area contributed by atoms with Gasteiger partial charge in [-0.2, -0.15) is 5.10 Å². The van der Waals surface area contributed by atoms with E-state index < -0.39 is 17.4 Å². The minimum atomic E-state index is -1.23. The number of rotatable bonds is 7. The molecule has 0 saturated carbocycles. The lowest BCUT2D eigenvalue weighted by atomic mass is 9.96. The van der Waals surface area contributed by atoms with E-state index >= 15 is 0 Å². The highest BCUT2D eigenvalue weighted by molar-refractivity contribution is 6.01. The molecule has 4 rings (SSSR count). The summed E-state index contributed by atoms with van der Waals surface area (Å²) in [5.74, 6) is -0.926. The number of carbonyl (C=O) groups is 3. The number of aromatic nitrogens is 2. The van der Waals surface area contributed by atoms with Gasteiger partial charge < -0.3 is 20.3 Å². The standard InChI is InChI=1S/C25H26FN5O4/c1-25(24(34)28-13-16-7-9-18(26)10-8-16)15-31-21(23(33)30(25)2)12-20(29-31)22(32)27-14-17-5-4-6-19(11-17)35-3/h4-12H,13-15H2,1-3H3,(H,27,32)(H,28,34)/t25-/m0/s1. The average Bonchev–Trinajstić information content (AvgIpc) is 3.29. The van der Waals surface area contributed by atoms with E-state index in [4.69, 9.17) is 4.74 Å². The molecule has 1 atom stereocenters. The van der Waals surface area contributed by atoms with Gasteiger partial charge in [0.05, 0.1) is 13.7 Å². The summed E-state index contributed by atoms with van der Waals surface area (Å²) >= 11 is 0. The summed E-state index contributed by atoms with van der Waals surface area (Å²) in [5.41, 5.74) is 0.652. The number of likely N-dealkylation sites (N-methyl/N-ethyl adjacent to an activating group) is 1. The Morgan fingerprint density at radius 1 is 1.09 bits per heavy atom. The quantitative estimate of drug-likeness (QED) is 0.540. The number of nitrogens with zero attached hydrogens (tertiary/aromatic N) is 3. The van der Waals surface area contributed by atoms with E-state index in [-0.39, 0.29) is 42.7 Å². The first-order valence-electron chi connectivity index (χ1n) is 11.0. The molecule has 0 bridgehead atoms. The number of carbonyl (C=O) groups excluding carboxylic acids is 3. The second kappa shape index (κ2) is 9.57. The molecule has 0 radical (unpaired) electrons. The van der Waals surface area contributed by atoms with Crippen LogP contribution in [-0.4, -0.2) is 52.1 Å². The number of ether oxygens (including phenoxy) is 1. The maximum absolute atomic E-state index is 13.1. The fourth-order valence-electron chi connectivity index (χ4n) is 3.87. The fraction of sp³-hybridized carbons (Fsp3) is 0.280. The van der Waals surface area contributed by atoms with E-state index in [9.17, 15) is 18.8 Å². The molecule has 0 fully saturated rings. The lowest BCUT2D eigenvalue weighted by Gasteiger charge is -2.40. The SMILES string of the molecule is COc1cccc(CNC(=O)c2cc3n(n2)C[C@@](C)(C(=O)NCc2ccc(F)cc2)N(C)C3=O)c1. The average molecular weight is 480 g/mol. The molecule has 0 unspecified atom stereocenters. The first kappa shape index (κ1) is 23.9. The summed E-state index contributed by atoms with van der Waals surface area (Å²) in [6, 6.07) is 14.5. The van der Waals surface area contributed by atoms with E-state index in [2.05, 4.69) is 15.7 Å². The highest BCUT2D eigenvalue weighted by Crippen LogP contribution is 2.26. The summed E-state index contributed by atoms with van der Waals surface area (Å²) in [6.07, 6.45) is 0. The predicted octanol–water partition coefficient (Wildman–Crippen LogP) is 2.12. The third kappa shape index (κ3) is 4.86. The van der Waals surface area contributed by atoms with Crippen LogP contribution in [0.15, 0.2) is 54.6 Å². The van der Waals surface area contributed by atoms with Crippen LogP contribution in [-0.2, 0) is 24.4 Å². The van der Waals surface area contributed by atoms with E-state index in [1.165, 1.54) is 27.8 Å². The highest BCUT2D eigenvalue weighted by Gasteiger charge is 2.46. The van der Waals surface area contributed by atoms with E-state index in [1.54, 1.807) is 33.2 Å². The van der Waals surface area contributed by atoms with Gasteiger partial charge in [-0.1, -0.05) is 24.3 Å². The molecule has 0 aliphatic carbocycles. The van der Waals surface area contributed by atoms with Crippen molar-refractivity contribution in [2.75, 3.05) is 14.2 Å². The molecule has 2 N–H and O–H groups in total. The van der Waals surface area contributed by atoms with Gasteiger partial charge in [-0.15, -0.1) is 0 Å². The van der Waals surface area contributed by atoms with Crippen LogP contribution in [0, 0.1) is 5.82 Å². The summed E-state index contributed by atoms with van der Waals surface area (Å²) < 4.78 is 19.7. The van der Waals surface area contributed by atoms with Crippen LogP contribution in [0.3, 0.4) is 0 Å². The number of methoxy groups -OCH3 is 1. The molecule has 1 aliphatic heterocycles. The Balaban J connectivity index is 1.45. The largest absolute Gasteiger partial charge is 0.497 e. The Labute approximate surface area is 201 Å².